The lowest BCUT2D eigenvalue weighted by Gasteiger charge is -2.21. The number of hydrogen-bond donors (Lipinski definition) is 3. The molecule has 7 nitrogen and oxygen atoms in total. The van der Waals surface area contributed by atoms with E-state index in [1.54, 1.807) is 6.07 Å². The van der Waals surface area contributed by atoms with E-state index in [0.717, 1.165) is 4.90 Å². The normalized spacial score (nSPS) is 11.5. The molecule has 0 aliphatic carbocycles. The number of hydrogen-bond acceptors (Lipinski definition) is 3. The summed E-state index contributed by atoms with van der Waals surface area (Å²) in [5, 5.41) is 19.5. The van der Waals surface area contributed by atoms with Gasteiger partial charge >= 0.3 is 18.0 Å². The van der Waals surface area contributed by atoms with Crippen molar-refractivity contribution in [1.29, 1.82) is 0 Å². The maximum atomic E-state index is 13.4. The highest BCUT2D eigenvalue weighted by Gasteiger charge is 2.24. The Bertz CT molecular complexity index is 549. The van der Waals surface area contributed by atoms with Gasteiger partial charge < -0.3 is 20.4 Å². The zero-order valence-electron chi connectivity index (χ0n) is 11.2. The van der Waals surface area contributed by atoms with Gasteiger partial charge in [-0.05, 0) is 6.07 Å². The minimum atomic E-state index is -1.54. The summed E-state index contributed by atoms with van der Waals surface area (Å²) in [6, 6.07) is 3.50. The molecule has 0 bridgehead atoms. The minimum Gasteiger partial charge on any atom is -0.481 e. The molecule has 1 rings (SSSR count). The van der Waals surface area contributed by atoms with E-state index >= 15 is 0 Å². The lowest BCUT2D eigenvalue weighted by Crippen LogP contribution is -2.47. The Hall–Kier alpha value is -2.64. The molecule has 8 heteroatoms. The number of nitrogens with one attached hydrogen (secondary N) is 1. The van der Waals surface area contributed by atoms with Gasteiger partial charge in [0.25, 0.3) is 0 Å². The van der Waals surface area contributed by atoms with Crippen molar-refractivity contribution in [2.75, 3.05) is 7.05 Å². The molecule has 114 valence electrons. The minimum absolute atomic E-state index is 0.0715. The van der Waals surface area contributed by atoms with Gasteiger partial charge in [0.1, 0.15) is 11.9 Å². The van der Waals surface area contributed by atoms with Gasteiger partial charge in [0.2, 0.25) is 0 Å². The van der Waals surface area contributed by atoms with E-state index in [9.17, 15) is 18.8 Å². The van der Waals surface area contributed by atoms with Crippen molar-refractivity contribution in [3.63, 3.8) is 0 Å². The molecule has 0 fully saturated rings. The van der Waals surface area contributed by atoms with Crippen molar-refractivity contribution in [3.05, 3.63) is 35.6 Å². The molecule has 21 heavy (non-hydrogen) atoms. The first-order valence-electron chi connectivity index (χ1n) is 6.01. The SMILES string of the molecule is CN(Cc1ccccc1F)C(=O)NC(CC(=O)O)C(=O)O. The number of halogens is 1. The molecule has 1 unspecified atom stereocenters. The molecule has 0 aliphatic rings. The van der Waals surface area contributed by atoms with Crippen LogP contribution in [0.2, 0.25) is 0 Å². The van der Waals surface area contributed by atoms with Gasteiger partial charge in [-0.15, -0.1) is 0 Å². The largest absolute Gasteiger partial charge is 0.481 e. The Kier molecular flexibility index (Phi) is 5.65. The molecule has 0 saturated heterocycles. The number of benzene rings is 1. The van der Waals surface area contributed by atoms with E-state index in [2.05, 4.69) is 5.32 Å². The van der Waals surface area contributed by atoms with Gasteiger partial charge in [-0.3, -0.25) is 4.79 Å². The monoisotopic (exact) mass is 298 g/mol. The molecule has 1 aromatic carbocycles. The number of carbonyl (C=O) groups excluding carboxylic acids is 1. The number of carboxylic acid groups (broad SMARTS) is 2. The van der Waals surface area contributed by atoms with Crippen LogP contribution in [-0.2, 0) is 16.1 Å². The zero-order chi connectivity index (χ0) is 16.0. The second kappa shape index (κ2) is 7.22. The molecule has 0 aliphatic heterocycles. The van der Waals surface area contributed by atoms with Gasteiger partial charge in [-0.25, -0.2) is 14.0 Å². The number of aliphatic carboxylic acids is 2. The summed E-state index contributed by atoms with van der Waals surface area (Å²) in [5.41, 5.74) is 0.264. The van der Waals surface area contributed by atoms with Crippen LogP contribution in [0.25, 0.3) is 0 Å². The van der Waals surface area contributed by atoms with Crippen molar-refractivity contribution in [3.8, 4) is 0 Å². The highest BCUT2D eigenvalue weighted by Crippen LogP contribution is 2.09. The number of carboxylic acids is 2. The Morgan fingerprint density at radius 2 is 1.90 bits per heavy atom. The third-order valence-electron chi connectivity index (χ3n) is 2.69. The molecule has 1 atom stereocenters. The molecule has 0 spiro atoms. The summed E-state index contributed by atoms with van der Waals surface area (Å²) >= 11 is 0. The smallest absolute Gasteiger partial charge is 0.326 e. The Balaban J connectivity index is 2.67. The number of carbonyl (C=O) groups is 3. The third kappa shape index (κ3) is 5.09. The maximum Gasteiger partial charge on any atom is 0.326 e. The van der Waals surface area contributed by atoms with Crippen LogP contribution in [0.1, 0.15) is 12.0 Å². The second-order valence-electron chi connectivity index (χ2n) is 4.39. The highest BCUT2D eigenvalue weighted by atomic mass is 19.1. The third-order valence-corrected chi connectivity index (χ3v) is 2.69. The maximum absolute atomic E-state index is 13.4. The molecule has 0 heterocycles. The average molecular weight is 298 g/mol. The van der Waals surface area contributed by atoms with E-state index in [1.165, 1.54) is 25.2 Å². The van der Waals surface area contributed by atoms with E-state index in [4.69, 9.17) is 10.2 Å². The van der Waals surface area contributed by atoms with Crippen LogP contribution in [-0.4, -0.2) is 46.2 Å². The summed E-state index contributed by atoms with van der Waals surface area (Å²) in [5.74, 6) is -3.29. The topological polar surface area (TPSA) is 107 Å². The Labute approximate surface area is 120 Å². The fourth-order valence-corrected chi connectivity index (χ4v) is 1.59. The number of urea groups is 1. The lowest BCUT2D eigenvalue weighted by molar-refractivity contribution is -0.145. The van der Waals surface area contributed by atoms with Crippen LogP contribution in [0.4, 0.5) is 9.18 Å². The fraction of sp³-hybridized carbons (Fsp3) is 0.308. The average Bonchev–Trinajstić information content (AvgIpc) is 2.39. The molecule has 1 aromatic rings. The van der Waals surface area contributed by atoms with Crippen molar-refractivity contribution < 1.29 is 29.0 Å². The number of nitrogens with zero attached hydrogens (tertiary/aromatic N) is 1. The standard InChI is InChI=1S/C13H15FN2O5/c1-16(7-8-4-2-3-5-9(8)14)13(21)15-10(12(19)20)6-11(17)18/h2-5,10H,6-7H2,1H3,(H,15,21)(H,17,18)(H,19,20). The van der Waals surface area contributed by atoms with Crippen LogP contribution in [0, 0.1) is 5.82 Å². The number of rotatable bonds is 6. The van der Waals surface area contributed by atoms with E-state index < -0.39 is 36.2 Å². The van der Waals surface area contributed by atoms with Crippen LogP contribution in [0.15, 0.2) is 24.3 Å². The van der Waals surface area contributed by atoms with Gasteiger partial charge in [0.05, 0.1) is 6.42 Å². The predicted octanol–water partition coefficient (Wildman–Crippen LogP) is 0.895. The molecule has 0 radical (unpaired) electrons. The van der Waals surface area contributed by atoms with Gasteiger partial charge in [0, 0.05) is 19.2 Å². The van der Waals surface area contributed by atoms with E-state index in [1.807, 2.05) is 0 Å². The fourth-order valence-electron chi connectivity index (χ4n) is 1.59. The first-order chi connectivity index (χ1) is 9.81. The summed E-state index contributed by atoms with van der Waals surface area (Å²) in [4.78, 5) is 34.2. The van der Waals surface area contributed by atoms with Crippen molar-refractivity contribution in [2.45, 2.75) is 19.0 Å². The van der Waals surface area contributed by atoms with Crippen LogP contribution in [0.3, 0.4) is 0 Å². The van der Waals surface area contributed by atoms with Gasteiger partial charge in [0.15, 0.2) is 0 Å². The molecule has 0 aromatic heterocycles. The zero-order valence-corrected chi connectivity index (χ0v) is 11.2. The lowest BCUT2D eigenvalue weighted by atomic mass is 10.2. The van der Waals surface area contributed by atoms with Crippen molar-refractivity contribution >= 4 is 18.0 Å². The Morgan fingerprint density at radius 3 is 2.43 bits per heavy atom. The summed E-state index contributed by atoms with van der Waals surface area (Å²) < 4.78 is 13.4. The van der Waals surface area contributed by atoms with E-state index in [0.29, 0.717) is 0 Å². The van der Waals surface area contributed by atoms with Gasteiger partial charge in [-0.2, -0.15) is 0 Å². The Morgan fingerprint density at radius 1 is 1.29 bits per heavy atom. The van der Waals surface area contributed by atoms with Crippen LogP contribution >= 0.6 is 0 Å². The summed E-state index contributed by atoms with van der Waals surface area (Å²) in [6.45, 7) is -0.0715. The van der Waals surface area contributed by atoms with Gasteiger partial charge in [-0.1, -0.05) is 18.2 Å². The van der Waals surface area contributed by atoms with Crippen LogP contribution in [0.5, 0.6) is 0 Å². The molecule has 2 amide bonds. The number of amides is 2. The molecule has 3 N–H and O–H groups in total. The summed E-state index contributed by atoms with van der Waals surface area (Å²) in [7, 11) is 1.35. The first-order valence-corrected chi connectivity index (χ1v) is 6.01. The van der Waals surface area contributed by atoms with Crippen LogP contribution < -0.4 is 5.32 Å². The predicted molar refractivity (Wildman–Crippen MR) is 70.1 cm³/mol. The summed E-state index contributed by atoms with van der Waals surface area (Å²) in [6.07, 6.45) is -0.741. The second-order valence-corrected chi connectivity index (χ2v) is 4.39. The van der Waals surface area contributed by atoms with Crippen molar-refractivity contribution in [1.82, 2.24) is 10.2 Å². The molecule has 0 saturated carbocycles. The quantitative estimate of drug-likeness (QED) is 0.723. The van der Waals surface area contributed by atoms with Crippen molar-refractivity contribution in [2.24, 2.45) is 0 Å². The van der Waals surface area contributed by atoms with E-state index in [-0.39, 0.29) is 12.1 Å². The molecular formula is C13H15FN2O5. The first kappa shape index (κ1) is 16.4. The molecular weight excluding hydrogens is 283 g/mol. The highest BCUT2D eigenvalue weighted by molar-refractivity contribution is 5.86.